The summed E-state index contributed by atoms with van der Waals surface area (Å²) in [4.78, 5) is 23.2. The molecule has 1 amide bonds. The van der Waals surface area contributed by atoms with E-state index in [2.05, 4.69) is 26.1 Å². The van der Waals surface area contributed by atoms with Gasteiger partial charge in [0.2, 0.25) is 5.91 Å². The fourth-order valence-electron chi connectivity index (χ4n) is 4.27. The summed E-state index contributed by atoms with van der Waals surface area (Å²) in [5, 5.41) is 12.1. The van der Waals surface area contributed by atoms with E-state index in [-0.39, 0.29) is 17.9 Å². The highest BCUT2D eigenvalue weighted by molar-refractivity contribution is 5.76. The van der Waals surface area contributed by atoms with Crippen molar-refractivity contribution in [3.05, 3.63) is 0 Å². The van der Waals surface area contributed by atoms with Crippen LogP contribution >= 0.6 is 0 Å². The number of carbonyl (C=O) groups excluding carboxylic acids is 1. The number of aliphatic carboxylic acids is 1. The molecule has 0 aromatic heterocycles. The van der Waals surface area contributed by atoms with E-state index in [1.807, 2.05) is 0 Å². The number of carbonyl (C=O) groups is 2. The minimum absolute atomic E-state index is 0.169. The molecule has 0 unspecified atom stereocenters. The Morgan fingerprint density at radius 1 is 0.957 bits per heavy atom. The number of amides is 1. The van der Waals surface area contributed by atoms with Crippen molar-refractivity contribution in [3.63, 3.8) is 0 Å². The van der Waals surface area contributed by atoms with Gasteiger partial charge in [-0.3, -0.25) is 9.59 Å². The van der Waals surface area contributed by atoms with Crippen molar-refractivity contribution in [1.82, 2.24) is 5.32 Å². The average Bonchev–Trinajstić information content (AvgIpc) is 2.47. The van der Waals surface area contributed by atoms with Crippen molar-refractivity contribution in [2.24, 2.45) is 23.2 Å². The highest BCUT2D eigenvalue weighted by Crippen LogP contribution is 2.40. The molecule has 0 atom stereocenters. The van der Waals surface area contributed by atoms with Gasteiger partial charge in [0.25, 0.3) is 0 Å². The summed E-state index contributed by atoms with van der Waals surface area (Å²) in [7, 11) is 0. The lowest BCUT2D eigenvalue weighted by molar-refractivity contribution is -0.142. The van der Waals surface area contributed by atoms with Crippen LogP contribution in [0.15, 0.2) is 0 Å². The van der Waals surface area contributed by atoms with Crippen molar-refractivity contribution in [2.75, 3.05) is 0 Å². The second-order valence-corrected chi connectivity index (χ2v) is 8.74. The van der Waals surface area contributed by atoms with Gasteiger partial charge >= 0.3 is 5.97 Å². The van der Waals surface area contributed by atoms with E-state index in [0.717, 1.165) is 18.8 Å². The molecule has 2 aliphatic rings. The molecule has 4 heteroatoms. The summed E-state index contributed by atoms with van der Waals surface area (Å²) in [6, 6.07) is 0.184. The van der Waals surface area contributed by atoms with Crippen LogP contribution in [0.3, 0.4) is 0 Å². The summed E-state index contributed by atoms with van der Waals surface area (Å²) in [6.07, 6.45) is 8.46. The van der Waals surface area contributed by atoms with E-state index in [1.165, 1.54) is 25.7 Å². The van der Waals surface area contributed by atoms with E-state index in [4.69, 9.17) is 5.11 Å². The van der Waals surface area contributed by atoms with Crippen molar-refractivity contribution >= 4 is 11.9 Å². The molecule has 2 N–H and O–H groups in total. The van der Waals surface area contributed by atoms with Crippen molar-refractivity contribution in [2.45, 2.75) is 84.6 Å². The van der Waals surface area contributed by atoms with Gasteiger partial charge in [-0.15, -0.1) is 0 Å². The number of nitrogens with one attached hydrogen (secondary N) is 1. The van der Waals surface area contributed by atoms with E-state index in [1.54, 1.807) is 0 Å². The lowest BCUT2D eigenvalue weighted by atomic mass is 9.69. The number of rotatable bonds is 4. The normalized spacial score (nSPS) is 32.3. The predicted octanol–water partition coefficient (Wildman–Crippen LogP) is 3.99. The van der Waals surface area contributed by atoms with Gasteiger partial charge in [0.1, 0.15) is 0 Å². The molecule has 0 bridgehead atoms. The van der Waals surface area contributed by atoms with Crippen molar-refractivity contribution in [1.29, 1.82) is 0 Å². The van der Waals surface area contributed by atoms with Crippen LogP contribution in [0.1, 0.15) is 78.6 Å². The Bertz CT molecular complexity index is 411. The largest absolute Gasteiger partial charge is 0.481 e. The first-order valence-corrected chi connectivity index (χ1v) is 9.28. The summed E-state index contributed by atoms with van der Waals surface area (Å²) in [5.74, 6) is 0.585. The smallest absolute Gasteiger partial charge is 0.306 e. The molecule has 0 aromatic rings. The third-order valence-electron chi connectivity index (χ3n) is 5.99. The maximum Gasteiger partial charge on any atom is 0.306 e. The third-order valence-corrected chi connectivity index (χ3v) is 5.99. The molecular formula is C19H33NO3. The fourth-order valence-corrected chi connectivity index (χ4v) is 4.27. The first kappa shape index (κ1) is 18.3. The van der Waals surface area contributed by atoms with Crippen LogP contribution in [0.5, 0.6) is 0 Å². The average molecular weight is 323 g/mol. The molecule has 2 aliphatic carbocycles. The van der Waals surface area contributed by atoms with Gasteiger partial charge in [-0.1, -0.05) is 20.8 Å². The zero-order chi connectivity index (χ0) is 17.0. The molecule has 2 rings (SSSR count). The quantitative estimate of drug-likeness (QED) is 0.822. The van der Waals surface area contributed by atoms with E-state index >= 15 is 0 Å². The lowest BCUT2D eigenvalue weighted by Gasteiger charge is -2.37. The zero-order valence-electron chi connectivity index (χ0n) is 14.9. The Morgan fingerprint density at radius 2 is 1.52 bits per heavy atom. The van der Waals surface area contributed by atoms with Crippen LogP contribution in [-0.4, -0.2) is 23.0 Å². The fraction of sp³-hybridized carbons (Fsp3) is 0.895. The van der Waals surface area contributed by atoms with Crippen LogP contribution in [0.2, 0.25) is 0 Å². The van der Waals surface area contributed by atoms with Crippen molar-refractivity contribution < 1.29 is 14.7 Å². The standard InChI is InChI=1S/C19H33NO3/c1-19(2,3)15-8-4-13(5-9-15)12-17(21)20-16-10-6-14(7-11-16)18(22)23/h13-16H,4-12H2,1-3H3,(H,20,21)(H,22,23). The van der Waals surface area contributed by atoms with E-state index in [0.29, 0.717) is 30.6 Å². The first-order chi connectivity index (χ1) is 10.8. The highest BCUT2D eigenvalue weighted by Gasteiger charge is 2.31. The van der Waals surface area contributed by atoms with Crippen LogP contribution in [0.4, 0.5) is 0 Å². The SMILES string of the molecule is CC(C)(C)C1CCC(CC(=O)NC2CCC(C(=O)O)CC2)CC1. The Labute approximate surface area is 140 Å². The Balaban J connectivity index is 1.67. The van der Waals surface area contributed by atoms with Gasteiger partial charge in [0, 0.05) is 12.5 Å². The van der Waals surface area contributed by atoms with Gasteiger partial charge in [0.15, 0.2) is 0 Å². The van der Waals surface area contributed by atoms with Crippen molar-refractivity contribution in [3.8, 4) is 0 Å². The number of carboxylic acid groups (broad SMARTS) is 1. The maximum atomic E-state index is 12.2. The van der Waals surface area contributed by atoms with E-state index in [9.17, 15) is 9.59 Å². The number of carboxylic acids is 1. The zero-order valence-corrected chi connectivity index (χ0v) is 14.9. The monoisotopic (exact) mass is 323 g/mol. The predicted molar refractivity (Wildman–Crippen MR) is 91.0 cm³/mol. The Hall–Kier alpha value is -1.06. The molecule has 0 spiro atoms. The second-order valence-electron chi connectivity index (χ2n) is 8.74. The Morgan fingerprint density at radius 3 is 2.00 bits per heavy atom. The maximum absolute atomic E-state index is 12.2. The van der Waals surface area contributed by atoms with Crippen LogP contribution in [0.25, 0.3) is 0 Å². The second kappa shape index (κ2) is 7.67. The molecule has 2 fully saturated rings. The molecule has 23 heavy (non-hydrogen) atoms. The first-order valence-electron chi connectivity index (χ1n) is 9.28. The lowest BCUT2D eigenvalue weighted by Crippen LogP contribution is -2.39. The molecule has 0 aromatic carbocycles. The molecule has 0 saturated heterocycles. The molecule has 0 radical (unpaired) electrons. The molecule has 0 heterocycles. The minimum Gasteiger partial charge on any atom is -0.481 e. The summed E-state index contributed by atoms with van der Waals surface area (Å²) in [6.45, 7) is 6.95. The minimum atomic E-state index is -0.689. The number of hydrogen-bond donors (Lipinski definition) is 2. The topological polar surface area (TPSA) is 66.4 Å². The molecule has 2 saturated carbocycles. The summed E-state index contributed by atoms with van der Waals surface area (Å²) >= 11 is 0. The highest BCUT2D eigenvalue weighted by atomic mass is 16.4. The molecule has 0 aliphatic heterocycles. The van der Waals surface area contributed by atoms with Gasteiger partial charge in [-0.25, -0.2) is 0 Å². The van der Waals surface area contributed by atoms with Crippen LogP contribution in [-0.2, 0) is 9.59 Å². The number of hydrogen-bond acceptors (Lipinski definition) is 2. The van der Waals surface area contributed by atoms with Gasteiger partial charge in [0.05, 0.1) is 5.92 Å². The van der Waals surface area contributed by atoms with Crippen LogP contribution in [0, 0.1) is 23.2 Å². The Kier molecular flexibility index (Phi) is 6.10. The van der Waals surface area contributed by atoms with Gasteiger partial charge < -0.3 is 10.4 Å². The van der Waals surface area contributed by atoms with E-state index < -0.39 is 5.97 Å². The molecular weight excluding hydrogens is 290 g/mol. The summed E-state index contributed by atoms with van der Waals surface area (Å²) in [5.41, 5.74) is 0.385. The molecule has 4 nitrogen and oxygen atoms in total. The molecule has 132 valence electrons. The van der Waals surface area contributed by atoms with Gasteiger partial charge in [-0.2, -0.15) is 0 Å². The van der Waals surface area contributed by atoms with Gasteiger partial charge in [-0.05, 0) is 68.6 Å². The third kappa shape index (κ3) is 5.50. The summed E-state index contributed by atoms with van der Waals surface area (Å²) < 4.78 is 0. The van der Waals surface area contributed by atoms with Crippen LogP contribution < -0.4 is 5.32 Å².